The van der Waals surface area contributed by atoms with Crippen LogP contribution >= 0.6 is 0 Å². The van der Waals surface area contributed by atoms with Gasteiger partial charge in [-0.2, -0.15) is 0 Å². The highest BCUT2D eigenvalue weighted by Crippen LogP contribution is 2.42. The number of carboxylic acid groups (broad SMARTS) is 1. The van der Waals surface area contributed by atoms with E-state index in [0.717, 1.165) is 49.0 Å². The first-order valence-electron chi connectivity index (χ1n) is 13.7. The van der Waals surface area contributed by atoms with Gasteiger partial charge in [0.15, 0.2) is 0 Å². The van der Waals surface area contributed by atoms with Crippen LogP contribution in [0.1, 0.15) is 91.1 Å². The molecule has 0 aromatic heterocycles. The molecule has 0 fully saturated rings. The number of phenolic OH excluding ortho intramolecular Hbond substituents is 1. The molecule has 6 heteroatoms. The van der Waals surface area contributed by atoms with Crippen molar-refractivity contribution in [2.45, 2.75) is 86.0 Å². The van der Waals surface area contributed by atoms with E-state index in [1.807, 2.05) is 0 Å². The van der Waals surface area contributed by atoms with E-state index < -0.39 is 5.97 Å². The number of aromatic hydroxyl groups is 1. The van der Waals surface area contributed by atoms with Crippen molar-refractivity contribution >= 4 is 17.6 Å². The molecular formula is C31H44N2O4. The Morgan fingerprint density at radius 2 is 1.73 bits per heavy atom. The lowest BCUT2D eigenvalue weighted by atomic mass is 9.80. The first kappa shape index (κ1) is 28.5. The number of aliphatic carboxylic acids is 1. The van der Waals surface area contributed by atoms with Crippen LogP contribution in [0, 0.1) is 19.3 Å². The molecule has 2 aromatic rings. The number of nitrogens with zero attached hydrogens (tertiary/aromatic N) is 1. The van der Waals surface area contributed by atoms with Gasteiger partial charge in [-0.3, -0.25) is 9.59 Å². The summed E-state index contributed by atoms with van der Waals surface area (Å²) in [5, 5.41) is 22.7. The highest BCUT2D eigenvalue weighted by atomic mass is 16.4. The lowest BCUT2D eigenvalue weighted by Gasteiger charge is -2.31. The summed E-state index contributed by atoms with van der Waals surface area (Å²) in [6, 6.07) is 6.56. The van der Waals surface area contributed by atoms with Gasteiger partial charge in [0.25, 0.3) is 5.91 Å². The Bertz CT molecular complexity index is 1120. The maximum Gasteiger partial charge on any atom is 0.307 e. The number of phenols is 1. The van der Waals surface area contributed by atoms with Gasteiger partial charge in [0, 0.05) is 25.3 Å². The Labute approximate surface area is 222 Å². The number of amides is 1. The predicted octanol–water partition coefficient (Wildman–Crippen LogP) is 5.97. The molecule has 1 aliphatic rings. The van der Waals surface area contributed by atoms with E-state index in [4.69, 9.17) is 0 Å². The summed E-state index contributed by atoms with van der Waals surface area (Å²) in [6.45, 7) is 13.1. The molecular weight excluding hydrogens is 464 g/mol. The first-order valence-corrected chi connectivity index (χ1v) is 13.7. The quantitative estimate of drug-likeness (QED) is 0.290. The number of carboxylic acids is 1. The molecule has 202 valence electrons. The monoisotopic (exact) mass is 508 g/mol. The van der Waals surface area contributed by atoms with E-state index in [1.165, 1.54) is 48.6 Å². The molecule has 37 heavy (non-hydrogen) atoms. The van der Waals surface area contributed by atoms with Gasteiger partial charge in [-0.25, -0.2) is 0 Å². The molecule has 0 unspecified atom stereocenters. The predicted molar refractivity (Wildman–Crippen MR) is 150 cm³/mol. The lowest BCUT2D eigenvalue weighted by Crippen LogP contribution is -2.36. The molecule has 3 N–H and O–H groups in total. The van der Waals surface area contributed by atoms with E-state index >= 15 is 0 Å². The molecule has 0 saturated heterocycles. The number of hydrogen-bond acceptors (Lipinski definition) is 4. The maximum atomic E-state index is 12.7. The van der Waals surface area contributed by atoms with Gasteiger partial charge < -0.3 is 20.4 Å². The van der Waals surface area contributed by atoms with Crippen molar-refractivity contribution in [3.63, 3.8) is 0 Å². The summed E-state index contributed by atoms with van der Waals surface area (Å²) in [7, 11) is 0. The van der Waals surface area contributed by atoms with Gasteiger partial charge >= 0.3 is 5.97 Å². The first-order chi connectivity index (χ1) is 17.6. The standard InChI is InChI=1S/C31H44N2O4/c1-6-7-8-9-12-16-33-17-15-23-21(2)25(18-28(35)36)22(3)26(29(23)33)19-31(4,5)20-32-30(37)24-13-10-11-14-27(24)34/h10-11,13-14,34H,6-9,12,15-20H2,1-5H3,(H,32,37)(H,35,36). The van der Waals surface area contributed by atoms with Crippen molar-refractivity contribution in [3.8, 4) is 5.75 Å². The van der Waals surface area contributed by atoms with Crippen LogP contribution in [0.25, 0.3) is 0 Å². The third-order valence-corrected chi connectivity index (χ3v) is 7.72. The highest BCUT2D eigenvalue weighted by Gasteiger charge is 2.31. The summed E-state index contributed by atoms with van der Waals surface area (Å²) in [6.07, 6.45) is 7.86. The Morgan fingerprint density at radius 3 is 2.41 bits per heavy atom. The van der Waals surface area contributed by atoms with Crippen LogP contribution in [-0.4, -0.2) is 41.7 Å². The summed E-state index contributed by atoms with van der Waals surface area (Å²) >= 11 is 0. The molecule has 3 rings (SSSR count). The molecule has 1 heterocycles. The zero-order chi connectivity index (χ0) is 27.2. The van der Waals surface area contributed by atoms with E-state index in [9.17, 15) is 19.8 Å². The van der Waals surface area contributed by atoms with Crippen LogP contribution < -0.4 is 10.2 Å². The molecule has 0 bridgehead atoms. The minimum atomic E-state index is -0.808. The number of rotatable bonds is 13. The van der Waals surface area contributed by atoms with Gasteiger partial charge in [0.1, 0.15) is 5.75 Å². The normalized spacial score (nSPS) is 13.1. The number of benzene rings is 2. The molecule has 6 nitrogen and oxygen atoms in total. The summed E-state index contributed by atoms with van der Waals surface area (Å²) in [5.41, 5.74) is 6.91. The zero-order valence-electron chi connectivity index (χ0n) is 23.2. The smallest absolute Gasteiger partial charge is 0.307 e. The van der Waals surface area contributed by atoms with Gasteiger partial charge in [0.2, 0.25) is 0 Å². The average Bonchev–Trinajstić information content (AvgIpc) is 3.27. The number of unbranched alkanes of at least 4 members (excludes halogenated alkanes) is 4. The third-order valence-electron chi connectivity index (χ3n) is 7.72. The molecule has 0 atom stereocenters. The van der Waals surface area contributed by atoms with Crippen LogP contribution in [0.5, 0.6) is 5.75 Å². The number of fused-ring (bicyclic) bond motifs is 1. The maximum absolute atomic E-state index is 12.7. The molecule has 0 spiro atoms. The largest absolute Gasteiger partial charge is 0.507 e. The number of para-hydroxylation sites is 1. The molecule has 2 aromatic carbocycles. The average molecular weight is 509 g/mol. The van der Waals surface area contributed by atoms with Crippen molar-refractivity contribution in [3.05, 3.63) is 57.6 Å². The minimum Gasteiger partial charge on any atom is -0.507 e. The fourth-order valence-electron chi connectivity index (χ4n) is 5.61. The number of carbonyl (C=O) groups is 2. The van der Waals surface area contributed by atoms with E-state index in [2.05, 4.69) is 44.8 Å². The number of nitrogens with one attached hydrogen (secondary N) is 1. The second-order valence-electron chi connectivity index (χ2n) is 11.3. The van der Waals surface area contributed by atoms with E-state index in [1.54, 1.807) is 18.2 Å². The van der Waals surface area contributed by atoms with Crippen LogP contribution in [0.4, 0.5) is 5.69 Å². The zero-order valence-corrected chi connectivity index (χ0v) is 23.2. The minimum absolute atomic E-state index is 0.0272. The molecule has 0 radical (unpaired) electrons. The summed E-state index contributed by atoms with van der Waals surface area (Å²) in [4.78, 5) is 27.0. The van der Waals surface area contributed by atoms with Gasteiger partial charge in [-0.1, -0.05) is 58.6 Å². The van der Waals surface area contributed by atoms with Crippen LogP contribution in [0.3, 0.4) is 0 Å². The van der Waals surface area contributed by atoms with Crippen LogP contribution in [0.2, 0.25) is 0 Å². The Balaban J connectivity index is 1.87. The van der Waals surface area contributed by atoms with E-state index in [0.29, 0.717) is 6.54 Å². The fourth-order valence-corrected chi connectivity index (χ4v) is 5.61. The third kappa shape index (κ3) is 7.06. The Kier molecular flexibility index (Phi) is 9.63. The van der Waals surface area contributed by atoms with Gasteiger partial charge in [-0.05, 0) is 78.5 Å². The highest BCUT2D eigenvalue weighted by molar-refractivity contribution is 5.96. The Morgan fingerprint density at radius 1 is 1.03 bits per heavy atom. The second kappa shape index (κ2) is 12.5. The van der Waals surface area contributed by atoms with Gasteiger partial charge in [0.05, 0.1) is 12.0 Å². The molecule has 0 aliphatic carbocycles. The Hall–Kier alpha value is -3.02. The van der Waals surface area contributed by atoms with Crippen molar-refractivity contribution < 1.29 is 19.8 Å². The van der Waals surface area contributed by atoms with Crippen LogP contribution in [-0.2, 0) is 24.1 Å². The SMILES string of the molecule is CCCCCCCN1CCc2c(C)c(CC(=O)O)c(C)c(CC(C)(C)CNC(=O)c3ccccc3O)c21. The second-order valence-corrected chi connectivity index (χ2v) is 11.3. The van der Waals surface area contributed by atoms with E-state index in [-0.39, 0.29) is 29.1 Å². The molecule has 1 aliphatic heterocycles. The topological polar surface area (TPSA) is 89.9 Å². The number of anilines is 1. The van der Waals surface area contributed by atoms with Crippen molar-refractivity contribution in [2.24, 2.45) is 5.41 Å². The van der Waals surface area contributed by atoms with Gasteiger partial charge in [-0.15, -0.1) is 0 Å². The summed E-state index contributed by atoms with van der Waals surface area (Å²) in [5.74, 6) is -1.13. The molecule has 0 saturated carbocycles. The number of carbonyl (C=O) groups excluding carboxylic acids is 1. The number of hydrogen-bond donors (Lipinski definition) is 3. The van der Waals surface area contributed by atoms with Crippen molar-refractivity contribution in [1.29, 1.82) is 0 Å². The lowest BCUT2D eigenvalue weighted by molar-refractivity contribution is -0.136. The van der Waals surface area contributed by atoms with Crippen molar-refractivity contribution in [2.75, 3.05) is 24.5 Å². The molecule has 1 amide bonds. The van der Waals surface area contributed by atoms with Crippen molar-refractivity contribution in [1.82, 2.24) is 5.32 Å². The van der Waals surface area contributed by atoms with Crippen LogP contribution in [0.15, 0.2) is 24.3 Å². The fraction of sp³-hybridized carbons (Fsp3) is 0.548. The summed E-state index contributed by atoms with van der Waals surface area (Å²) < 4.78 is 0.